The molecule has 2 aliphatic heterocycles. The lowest BCUT2D eigenvalue weighted by molar-refractivity contribution is -0.155. The minimum atomic E-state index is -1.04. The average molecular weight is 393 g/mol. The van der Waals surface area contributed by atoms with Crippen LogP contribution in [0.25, 0.3) is 10.8 Å². The second-order valence-electron chi connectivity index (χ2n) is 7.41. The van der Waals surface area contributed by atoms with E-state index in [1.54, 1.807) is 6.07 Å². The number of carbonyl (C=O) groups is 3. The molecule has 2 aromatic carbocycles. The highest BCUT2D eigenvalue weighted by Crippen LogP contribution is 2.22. The van der Waals surface area contributed by atoms with Gasteiger partial charge in [-0.1, -0.05) is 48.6 Å². The van der Waals surface area contributed by atoms with Crippen molar-refractivity contribution >= 4 is 28.6 Å². The Morgan fingerprint density at radius 3 is 2.62 bits per heavy atom. The molecule has 2 amide bonds. The van der Waals surface area contributed by atoms with Crippen LogP contribution in [0.1, 0.15) is 23.2 Å². The number of carboxylic acids is 1. The van der Waals surface area contributed by atoms with E-state index in [-0.39, 0.29) is 24.4 Å². The zero-order valence-corrected chi connectivity index (χ0v) is 15.9. The molecule has 0 bridgehead atoms. The molecule has 7 heteroatoms. The topological polar surface area (TPSA) is 98.7 Å². The third-order valence-electron chi connectivity index (χ3n) is 5.57. The number of aliphatic carboxylic acids is 1. The summed E-state index contributed by atoms with van der Waals surface area (Å²) >= 11 is 0. The Hall–Kier alpha value is -3.19. The summed E-state index contributed by atoms with van der Waals surface area (Å²) in [4.78, 5) is 39.4. The van der Waals surface area contributed by atoms with Gasteiger partial charge in [0.05, 0.1) is 0 Å². The fraction of sp³-hybridized carbons (Fsp3) is 0.318. The van der Waals surface area contributed by atoms with Gasteiger partial charge in [-0.25, -0.2) is 4.79 Å². The molecule has 0 spiro atoms. The number of carbonyl (C=O) groups excluding carboxylic acids is 2. The minimum Gasteiger partial charge on any atom is -0.480 e. The number of piperazine rings is 1. The van der Waals surface area contributed by atoms with Crippen molar-refractivity contribution in [3.05, 3.63) is 60.2 Å². The monoisotopic (exact) mass is 393 g/mol. The minimum absolute atomic E-state index is 0.200. The summed E-state index contributed by atoms with van der Waals surface area (Å²) < 4.78 is 0. The van der Waals surface area contributed by atoms with E-state index < -0.39 is 18.1 Å². The molecule has 7 nitrogen and oxygen atoms in total. The highest BCUT2D eigenvalue weighted by atomic mass is 16.4. The number of fused-ring (bicyclic) bond motifs is 2. The summed E-state index contributed by atoms with van der Waals surface area (Å²) in [5.41, 5.74) is 0.494. The normalized spacial score (nSPS) is 24.5. The molecule has 1 fully saturated rings. The predicted octanol–water partition coefficient (Wildman–Crippen LogP) is 1.54. The van der Waals surface area contributed by atoms with Gasteiger partial charge in [-0.2, -0.15) is 0 Å². The van der Waals surface area contributed by atoms with Crippen LogP contribution in [-0.2, 0) is 9.59 Å². The Morgan fingerprint density at radius 1 is 1.03 bits per heavy atom. The van der Waals surface area contributed by atoms with E-state index >= 15 is 0 Å². The van der Waals surface area contributed by atoms with E-state index in [0.717, 1.165) is 10.8 Å². The number of amides is 2. The Kier molecular flexibility index (Phi) is 5.31. The molecule has 2 aliphatic rings. The molecule has 4 rings (SSSR count). The summed E-state index contributed by atoms with van der Waals surface area (Å²) in [6, 6.07) is 11.1. The number of hydrogen-bond acceptors (Lipinski definition) is 4. The van der Waals surface area contributed by atoms with Crippen LogP contribution >= 0.6 is 0 Å². The van der Waals surface area contributed by atoms with Crippen molar-refractivity contribution < 1.29 is 19.5 Å². The average Bonchev–Trinajstić information content (AvgIpc) is 2.73. The van der Waals surface area contributed by atoms with Gasteiger partial charge >= 0.3 is 5.97 Å². The molecule has 0 aliphatic carbocycles. The van der Waals surface area contributed by atoms with Crippen molar-refractivity contribution in [3.63, 3.8) is 0 Å². The quantitative estimate of drug-likeness (QED) is 0.687. The molecule has 2 heterocycles. The Balaban J connectivity index is 1.62. The first-order chi connectivity index (χ1) is 14.1. The first-order valence-electron chi connectivity index (χ1n) is 9.75. The van der Waals surface area contributed by atoms with Crippen LogP contribution in [0.2, 0.25) is 0 Å². The zero-order chi connectivity index (χ0) is 20.4. The molecule has 29 heavy (non-hydrogen) atoms. The van der Waals surface area contributed by atoms with Crippen LogP contribution in [0.15, 0.2) is 54.6 Å². The summed E-state index contributed by atoms with van der Waals surface area (Å²) in [5, 5.41) is 17.3. The molecular weight excluding hydrogens is 370 g/mol. The molecule has 0 unspecified atom stereocenters. The molecule has 3 atom stereocenters. The first kappa shape index (κ1) is 19.1. The largest absolute Gasteiger partial charge is 0.480 e. The standard InChI is InChI=1S/C22H23N3O4/c26-20(17-10-5-7-14-6-1-3-9-16(14)17)24-18-11-4-2-8-15-12-23-13-19(22(28)29)25(15)21(18)27/h1-7,9-10,15,18-19,23H,8,11-13H2,(H,24,26)(H,28,29)/t15-,18-,19-/m0/s1. The van der Waals surface area contributed by atoms with Gasteiger partial charge in [-0.15, -0.1) is 0 Å². The molecule has 0 saturated carbocycles. The van der Waals surface area contributed by atoms with Crippen molar-refractivity contribution in [1.82, 2.24) is 15.5 Å². The fourth-order valence-electron chi connectivity index (χ4n) is 4.12. The molecular formula is C22H23N3O4. The van der Waals surface area contributed by atoms with Gasteiger partial charge < -0.3 is 20.6 Å². The Bertz CT molecular complexity index is 982. The number of rotatable bonds is 3. The Labute approximate surface area is 168 Å². The van der Waals surface area contributed by atoms with Gasteiger partial charge in [-0.05, 0) is 29.7 Å². The van der Waals surface area contributed by atoms with Crippen molar-refractivity contribution in [2.75, 3.05) is 13.1 Å². The molecule has 1 saturated heterocycles. The number of nitrogens with one attached hydrogen (secondary N) is 2. The second-order valence-corrected chi connectivity index (χ2v) is 7.41. The SMILES string of the molecule is O=C(N[C@H]1CC=CC[C@H]2CNC[C@@H](C(=O)O)N2C1=O)c1cccc2ccccc12. The van der Waals surface area contributed by atoms with Gasteiger partial charge in [0.2, 0.25) is 5.91 Å². The lowest BCUT2D eigenvalue weighted by Gasteiger charge is -2.42. The van der Waals surface area contributed by atoms with Crippen LogP contribution in [0, 0.1) is 0 Å². The van der Waals surface area contributed by atoms with E-state index in [2.05, 4.69) is 10.6 Å². The van der Waals surface area contributed by atoms with Crippen molar-refractivity contribution in [2.24, 2.45) is 0 Å². The smallest absolute Gasteiger partial charge is 0.327 e. The highest BCUT2D eigenvalue weighted by molar-refractivity contribution is 6.08. The first-order valence-corrected chi connectivity index (χ1v) is 9.75. The molecule has 150 valence electrons. The van der Waals surface area contributed by atoms with Crippen LogP contribution in [-0.4, -0.2) is 59.0 Å². The third kappa shape index (κ3) is 3.73. The van der Waals surface area contributed by atoms with Crippen LogP contribution in [0.5, 0.6) is 0 Å². The summed E-state index contributed by atoms with van der Waals surface area (Å²) in [7, 11) is 0. The summed E-state index contributed by atoms with van der Waals surface area (Å²) in [6.07, 6.45) is 4.76. The molecule has 0 radical (unpaired) electrons. The van der Waals surface area contributed by atoms with E-state index in [9.17, 15) is 19.5 Å². The number of hydrogen-bond donors (Lipinski definition) is 3. The second kappa shape index (κ2) is 8.05. The number of nitrogens with zero attached hydrogens (tertiary/aromatic N) is 1. The van der Waals surface area contributed by atoms with E-state index in [1.165, 1.54) is 4.90 Å². The third-order valence-corrected chi connectivity index (χ3v) is 5.57. The number of benzene rings is 2. The van der Waals surface area contributed by atoms with E-state index in [4.69, 9.17) is 0 Å². The van der Waals surface area contributed by atoms with Crippen LogP contribution < -0.4 is 10.6 Å². The number of carboxylic acid groups (broad SMARTS) is 1. The van der Waals surface area contributed by atoms with Crippen molar-refractivity contribution in [3.8, 4) is 0 Å². The maximum atomic E-state index is 13.3. The van der Waals surface area contributed by atoms with Gasteiger partial charge in [0.1, 0.15) is 12.1 Å². The van der Waals surface area contributed by atoms with Gasteiger partial charge in [0.15, 0.2) is 0 Å². The lowest BCUT2D eigenvalue weighted by Crippen LogP contribution is -2.65. The van der Waals surface area contributed by atoms with Crippen LogP contribution in [0.4, 0.5) is 0 Å². The van der Waals surface area contributed by atoms with Gasteiger partial charge in [-0.3, -0.25) is 9.59 Å². The predicted molar refractivity (Wildman–Crippen MR) is 109 cm³/mol. The molecule has 3 N–H and O–H groups in total. The fourth-order valence-corrected chi connectivity index (χ4v) is 4.12. The van der Waals surface area contributed by atoms with Crippen LogP contribution in [0.3, 0.4) is 0 Å². The van der Waals surface area contributed by atoms with E-state index in [1.807, 2.05) is 48.6 Å². The lowest BCUT2D eigenvalue weighted by atomic mass is 9.98. The zero-order valence-electron chi connectivity index (χ0n) is 15.9. The van der Waals surface area contributed by atoms with Gasteiger partial charge in [0.25, 0.3) is 5.91 Å². The Morgan fingerprint density at radius 2 is 1.79 bits per heavy atom. The van der Waals surface area contributed by atoms with E-state index in [0.29, 0.717) is 24.9 Å². The van der Waals surface area contributed by atoms with Crippen molar-refractivity contribution in [1.29, 1.82) is 0 Å². The highest BCUT2D eigenvalue weighted by Gasteiger charge is 2.41. The molecule has 0 aromatic heterocycles. The van der Waals surface area contributed by atoms with Crippen molar-refractivity contribution in [2.45, 2.75) is 31.0 Å². The summed E-state index contributed by atoms with van der Waals surface area (Å²) in [5.74, 6) is -1.73. The van der Waals surface area contributed by atoms with Gasteiger partial charge in [0, 0.05) is 24.7 Å². The molecule has 2 aromatic rings. The summed E-state index contributed by atoms with van der Waals surface area (Å²) in [6.45, 7) is 0.731. The maximum Gasteiger partial charge on any atom is 0.327 e. The maximum absolute atomic E-state index is 13.3.